The predicted octanol–water partition coefficient (Wildman–Crippen LogP) is 2.82. The molecular weight excluding hydrogens is 308 g/mol. The molecule has 0 atom stereocenters. The average molecular weight is 325 g/mol. The molecule has 0 spiro atoms. The maximum absolute atomic E-state index is 12.1. The van der Waals surface area contributed by atoms with Crippen LogP contribution in [0.15, 0.2) is 18.3 Å². The van der Waals surface area contributed by atoms with Crippen molar-refractivity contribution in [3.8, 4) is 0 Å². The van der Waals surface area contributed by atoms with Gasteiger partial charge in [-0.1, -0.05) is 11.6 Å². The fourth-order valence-electron chi connectivity index (χ4n) is 2.08. The lowest BCUT2D eigenvalue weighted by Crippen LogP contribution is -2.27. The highest BCUT2D eigenvalue weighted by Crippen LogP contribution is 2.23. The van der Waals surface area contributed by atoms with Gasteiger partial charge in [-0.3, -0.25) is 4.79 Å². The van der Waals surface area contributed by atoms with Gasteiger partial charge in [0.25, 0.3) is 0 Å². The molecule has 0 aliphatic carbocycles. The van der Waals surface area contributed by atoms with E-state index >= 15 is 0 Å². The molecule has 0 amide bonds. The number of carbonyl (C=O) groups is 2. The number of ether oxygens (including phenoxy) is 2. The molecule has 0 aliphatic heterocycles. The number of nitrogens with zero attached hydrogens (tertiary/aromatic N) is 2. The van der Waals surface area contributed by atoms with Crippen LogP contribution in [0.5, 0.6) is 0 Å². The molecular formula is C15H17ClN2O4. The van der Waals surface area contributed by atoms with E-state index in [4.69, 9.17) is 21.1 Å². The van der Waals surface area contributed by atoms with E-state index in [1.807, 2.05) is 0 Å². The summed E-state index contributed by atoms with van der Waals surface area (Å²) < 4.78 is 11.6. The molecule has 0 fully saturated rings. The third-order valence-corrected chi connectivity index (χ3v) is 3.06. The lowest BCUT2D eigenvalue weighted by atomic mass is 10.2. The van der Waals surface area contributed by atoms with Gasteiger partial charge in [-0.25, -0.2) is 9.78 Å². The summed E-state index contributed by atoms with van der Waals surface area (Å²) in [5.41, 5.74) is 0.253. The molecule has 0 N–H and O–H groups in total. The van der Waals surface area contributed by atoms with Gasteiger partial charge in [0.05, 0.1) is 12.6 Å². The van der Waals surface area contributed by atoms with Crippen LogP contribution < -0.4 is 0 Å². The van der Waals surface area contributed by atoms with Gasteiger partial charge >= 0.3 is 11.9 Å². The summed E-state index contributed by atoms with van der Waals surface area (Å²) >= 11 is 5.90. The summed E-state index contributed by atoms with van der Waals surface area (Å²) in [6.45, 7) is 5.22. The summed E-state index contributed by atoms with van der Waals surface area (Å²) in [5, 5.41) is 0.959. The molecule has 0 radical (unpaired) electrons. The van der Waals surface area contributed by atoms with Crippen molar-refractivity contribution >= 4 is 34.4 Å². The van der Waals surface area contributed by atoms with Crippen molar-refractivity contribution in [2.24, 2.45) is 0 Å². The van der Waals surface area contributed by atoms with E-state index in [9.17, 15) is 9.59 Å². The first-order valence-corrected chi connectivity index (χ1v) is 7.04. The second-order valence-electron chi connectivity index (χ2n) is 5.76. The number of fused-ring (bicyclic) bond motifs is 1. The van der Waals surface area contributed by atoms with Gasteiger partial charge in [-0.15, -0.1) is 0 Å². The fourth-order valence-corrected chi connectivity index (χ4v) is 2.23. The van der Waals surface area contributed by atoms with Crippen molar-refractivity contribution in [2.75, 3.05) is 7.11 Å². The van der Waals surface area contributed by atoms with Gasteiger partial charge in [-0.2, -0.15) is 0 Å². The Morgan fingerprint density at radius 2 is 2.00 bits per heavy atom. The van der Waals surface area contributed by atoms with Crippen LogP contribution >= 0.6 is 11.6 Å². The van der Waals surface area contributed by atoms with E-state index in [1.54, 1.807) is 32.9 Å². The normalized spacial score (nSPS) is 11.5. The Morgan fingerprint density at radius 1 is 1.32 bits per heavy atom. The van der Waals surface area contributed by atoms with E-state index in [-0.39, 0.29) is 17.4 Å². The largest absolute Gasteiger partial charge is 0.464 e. The third-order valence-electron chi connectivity index (χ3n) is 2.85. The smallest absolute Gasteiger partial charge is 0.354 e. The maximum atomic E-state index is 12.1. The zero-order valence-corrected chi connectivity index (χ0v) is 13.6. The van der Waals surface area contributed by atoms with Gasteiger partial charge in [0, 0.05) is 11.6 Å². The van der Waals surface area contributed by atoms with Gasteiger partial charge < -0.3 is 14.0 Å². The topological polar surface area (TPSA) is 70.4 Å². The number of rotatable bonds is 3. The third kappa shape index (κ3) is 3.57. The Kier molecular flexibility index (Phi) is 4.42. The van der Waals surface area contributed by atoms with Crippen molar-refractivity contribution in [3.05, 3.63) is 29.2 Å². The highest BCUT2D eigenvalue weighted by atomic mass is 35.5. The molecule has 2 heterocycles. The van der Waals surface area contributed by atoms with E-state index in [0.29, 0.717) is 10.9 Å². The van der Waals surface area contributed by atoms with Crippen LogP contribution in [0.4, 0.5) is 0 Å². The van der Waals surface area contributed by atoms with Crippen molar-refractivity contribution in [1.82, 2.24) is 9.55 Å². The van der Waals surface area contributed by atoms with E-state index in [2.05, 4.69) is 4.98 Å². The number of methoxy groups -OCH3 is 1. The Hall–Kier alpha value is -2.08. The second-order valence-corrected chi connectivity index (χ2v) is 6.15. The molecule has 0 saturated carbocycles. The van der Waals surface area contributed by atoms with Gasteiger partial charge in [-0.05, 0) is 32.9 Å². The Balaban J connectivity index is 2.47. The van der Waals surface area contributed by atoms with Crippen LogP contribution in [0.25, 0.3) is 10.9 Å². The van der Waals surface area contributed by atoms with Crippen molar-refractivity contribution in [2.45, 2.75) is 32.9 Å². The minimum absolute atomic E-state index is 0.119. The number of hydrogen-bond acceptors (Lipinski definition) is 5. The first-order valence-electron chi connectivity index (χ1n) is 6.66. The van der Waals surface area contributed by atoms with E-state index < -0.39 is 17.5 Å². The fraction of sp³-hybridized carbons (Fsp3) is 0.400. The number of carbonyl (C=O) groups excluding carboxylic acids is 2. The SMILES string of the molecule is COC(=O)c1cc2cnc(Cl)cc2n1CC(=O)OC(C)(C)C. The number of aromatic nitrogens is 2. The lowest BCUT2D eigenvalue weighted by Gasteiger charge is -2.20. The van der Waals surface area contributed by atoms with Crippen molar-refractivity contribution < 1.29 is 19.1 Å². The monoisotopic (exact) mass is 324 g/mol. The molecule has 2 aromatic heterocycles. The molecule has 118 valence electrons. The van der Waals surface area contributed by atoms with Crippen LogP contribution in [0.3, 0.4) is 0 Å². The summed E-state index contributed by atoms with van der Waals surface area (Å²) in [4.78, 5) is 28.0. The lowest BCUT2D eigenvalue weighted by molar-refractivity contribution is -0.155. The van der Waals surface area contributed by atoms with Crippen LogP contribution in [0.2, 0.25) is 5.15 Å². The number of halogens is 1. The minimum atomic E-state index is -0.606. The zero-order chi connectivity index (χ0) is 16.5. The summed E-state index contributed by atoms with van der Waals surface area (Å²) in [6.07, 6.45) is 1.54. The quantitative estimate of drug-likeness (QED) is 0.641. The molecule has 0 aromatic carbocycles. The predicted molar refractivity (Wildman–Crippen MR) is 81.9 cm³/mol. The van der Waals surface area contributed by atoms with E-state index in [0.717, 1.165) is 0 Å². The van der Waals surface area contributed by atoms with Crippen LogP contribution in [0, 0.1) is 0 Å². The minimum Gasteiger partial charge on any atom is -0.464 e. The summed E-state index contributed by atoms with van der Waals surface area (Å²) in [5.74, 6) is -1.00. The molecule has 0 bridgehead atoms. The number of esters is 2. The Morgan fingerprint density at radius 3 is 2.59 bits per heavy atom. The molecule has 2 rings (SSSR count). The van der Waals surface area contributed by atoms with E-state index in [1.165, 1.54) is 17.9 Å². The van der Waals surface area contributed by atoms with Gasteiger partial charge in [0.15, 0.2) is 0 Å². The zero-order valence-electron chi connectivity index (χ0n) is 12.8. The maximum Gasteiger partial charge on any atom is 0.354 e. The number of pyridine rings is 1. The molecule has 0 unspecified atom stereocenters. The van der Waals surface area contributed by atoms with Crippen molar-refractivity contribution in [3.63, 3.8) is 0 Å². The molecule has 2 aromatic rings. The summed E-state index contributed by atoms with van der Waals surface area (Å²) in [7, 11) is 1.28. The van der Waals surface area contributed by atoms with Gasteiger partial charge in [0.2, 0.25) is 0 Å². The summed E-state index contributed by atoms with van der Waals surface area (Å²) in [6, 6.07) is 3.20. The van der Waals surface area contributed by atoms with Crippen LogP contribution in [-0.4, -0.2) is 34.2 Å². The highest BCUT2D eigenvalue weighted by Gasteiger charge is 2.22. The average Bonchev–Trinajstić information content (AvgIpc) is 2.74. The number of hydrogen-bond donors (Lipinski definition) is 0. The molecule has 22 heavy (non-hydrogen) atoms. The molecule has 6 nitrogen and oxygen atoms in total. The first kappa shape index (κ1) is 16.3. The van der Waals surface area contributed by atoms with Crippen LogP contribution in [0.1, 0.15) is 31.3 Å². The molecule has 0 saturated heterocycles. The van der Waals surface area contributed by atoms with Crippen molar-refractivity contribution in [1.29, 1.82) is 0 Å². The highest BCUT2D eigenvalue weighted by molar-refractivity contribution is 6.30. The molecule has 0 aliphatic rings. The standard InChI is InChI=1S/C15H17ClN2O4/c1-15(2,3)22-13(19)8-18-10-6-12(16)17-7-9(10)5-11(18)14(20)21-4/h5-7H,8H2,1-4H3. The van der Waals surface area contributed by atoms with Crippen LogP contribution in [-0.2, 0) is 20.8 Å². The second kappa shape index (κ2) is 5.96. The Labute approximate surface area is 133 Å². The molecule has 7 heteroatoms. The Bertz CT molecular complexity index is 731. The van der Waals surface area contributed by atoms with Gasteiger partial charge in [0.1, 0.15) is 23.0 Å². The first-order chi connectivity index (χ1) is 10.2.